The lowest BCUT2D eigenvalue weighted by atomic mass is 10.1. The molecule has 104 valence electrons. The van der Waals surface area contributed by atoms with Crippen LogP contribution >= 0.6 is 11.8 Å². The SMILES string of the molecule is C/C(=C/C(=O)NCCSCCCO)c1ccccc1. The number of allylic oxidation sites excluding steroid dienone is 1. The number of carbonyl (C=O) groups excluding carboxylic acids is 1. The second-order valence-electron chi connectivity index (χ2n) is 4.17. The minimum Gasteiger partial charge on any atom is -0.396 e. The van der Waals surface area contributed by atoms with E-state index in [1.54, 1.807) is 17.8 Å². The van der Waals surface area contributed by atoms with Crippen molar-refractivity contribution in [3.05, 3.63) is 42.0 Å². The zero-order valence-electron chi connectivity index (χ0n) is 11.3. The Morgan fingerprint density at radius 3 is 2.74 bits per heavy atom. The summed E-state index contributed by atoms with van der Waals surface area (Å²) in [5.74, 6) is 1.76. The number of aliphatic hydroxyl groups excluding tert-OH is 1. The van der Waals surface area contributed by atoms with E-state index >= 15 is 0 Å². The Kier molecular flexibility index (Phi) is 8.02. The summed E-state index contributed by atoms with van der Waals surface area (Å²) in [4.78, 5) is 11.7. The number of thioether (sulfide) groups is 1. The fraction of sp³-hybridized carbons (Fsp3) is 0.400. The van der Waals surface area contributed by atoms with Crippen molar-refractivity contribution < 1.29 is 9.90 Å². The van der Waals surface area contributed by atoms with Crippen LogP contribution in [0.25, 0.3) is 5.57 Å². The van der Waals surface area contributed by atoms with E-state index in [9.17, 15) is 4.79 Å². The summed E-state index contributed by atoms with van der Waals surface area (Å²) in [6, 6.07) is 9.86. The number of nitrogens with one attached hydrogen (secondary N) is 1. The first-order chi connectivity index (χ1) is 9.24. The Morgan fingerprint density at radius 2 is 2.05 bits per heavy atom. The fourth-order valence-electron chi connectivity index (χ4n) is 1.55. The Labute approximate surface area is 119 Å². The monoisotopic (exact) mass is 279 g/mol. The van der Waals surface area contributed by atoms with Gasteiger partial charge in [-0.3, -0.25) is 4.79 Å². The maximum Gasteiger partial charge on any atom is 0.244 e. The number of carbonyl (C=O) groups is 1. The van der Waals surface area contributed by atoms with E-state index in [-0.39, 0.29) is 12.5 Å². The molecule has 1 aromatic rings. The van der Waals surface area contributed by atoms with Gasteiger partial charge < -0.3 is 10.4 Å². The molecule has 0 atom stereocenters. The van der Waals surface area contributed by atoms with Crippen molar-refractivity contribution in [1.29, 1.82) is 0 Å². The Morgan fingerprint density at radius 1 is 1.32 bits per heavy atom. The lowest BCUT2D eigenvalue weighted by Crippen LogP contribution is -2.24. The third kappa shape index (κ3) is 7.03. The molecule has 0 radical (unpaired) electrons. The maximum atomic E-state index is 11.7. The second-order valence-corrected chi connectivity index (χ2v) is 5.40. The van der Waals surface area contributed by atoms with E-state index in [1.165, 1.54) is 0 Å². The molecule has 0 unspecified atom stereocenters. The molecule has 0 aliphatic heterocycles. The van der Waals surface area contributed by atoms with Crippen LogP contribution in [0.5, 0.6) is 0 Å². The van der Waals surface area contributed by atoms with Crippen LogP contribution in [0.2, 0.25) is 0 Å². The van der Waals surface area contributed by atoms with Crippen molar-refractivity contribution in [2.75, 3.05) is 24.7 Å². The van der Waals surface area contributed by atoms with Crippen LogP contribution in [0.1, 0.15) is 18.9 Å². The average molecular weight is 279 g/mol. The molecule has 1 amide bonds. The van der Waals surface area contributed by atoms with Crippen molar-refractivity contribution >= 4 is 23.2 Å². The highest BCUT2D eigenvalue weighted by Gasteiger charge is 1.99. The van der Waals surface area contributed by atoms with Gasteiger partial charge in [0.2, 0.25) is 5.91 Å². The molecule has 0 aliphatic carbocycles. The molecule has 0 aromatic heterocycles. The lowest BCUT2D eigenvalue weighted by molar-refractivity contribution is -0.116. The molecule has 0 spiro atoms. The van der Waals surface area contributed by atoms with E-state index in [2.05, 4.69) is 5.32 Å². The molecule has 4 heteroatoms. The van der Waals surface area contributed by atoms with Crippen molar-refractivity contribution in [2.45, 2.75) is 13.3 Å². The van der Waals surface area contributed by atoms with Gasteiger partial charge in [0.1, 0.15) is 0 Å². The fourth-order valence-corrected chi connectivity index (χ4v) is 2.33. The van der Waals surface area contributed by atoms with Gasteiger partial charge in [-0.2, -0.15) is 11.8 Å². The minimum atomic E-state index is -0.0517. The molecule has 0 aliphatic rings. The van der Waals surface area contributed by atoms with Crippen LogP contribution in [0, 0.1) is 0 Å². The highest BCUT2D eigenvalue weighted by atomic mass is 32.2. The van der Waals surface area contributed by atoms with E-state index in [1.807, 2.05) is 37.3 Å². The standard InChI is InChI=1S/C15H21NO2S/c1-13(14-6-3-2-4-7-14)12-15(18)16-8-11-19-10-5-9-17/h2-4,6-7,12,17H,5,8-11H2,1H3,(H,16,18)/b13-12-. The molecule has 1 aromatic carbocycles. The van der Waals surface area contributed by atoms with Crippen molar-refractivity contribution in [3.63, 3.8) is 0 Å². The summed E-state index contributed by atoms with van der Waals surface area (Å²) >= 11 is 1.74. The molecular weight excluding hydrogens is 258 g/mol. The average Bonchev–Trinajstić information content (AvgIpc) is 2.43. The molecule has 0 saturated heterocycles. The number of hydrogen-bond acceptors (Lipinski definition) is 3. The minimum absolute atomic E-state index is 0.0517. The largest absolute Gasteiger partial charge is 0.396 e. The molecule has 0 bridgehead atoms. The Balaban J connectivity index is 2.27. The topological polar surface area (TPSA) is 49.3 Å². The van der Waals surface area contributed by atoms with Gasteiger partial charge in [0.15, 0.2) is 0 Å². The van der Waals surface area contributed by atoms with E-state index in [0.29, 0.717) is 6.54 Å². The summed E-state index contributed by atoms with van der Waals surface area (Å²) in [6.07, 6.45) is 2.44. The number of rotatable bonds is 8. The maximum absolute atomic E-state index is 11.7. The predicted octanol–water partition coefficient (Wildman–Crippen LogP) is 2.32. The molecule has 0 saturated carbocycles. The highest BCUT2D eigenvalue weighted by molar-refractivity contribution is 7.99. The third-order valence-corrected chi connectivity index (χ3v) is 3.64. The van der Waals surface area contributed by atoms with Crippen LogP contribution in [-0.4, -0.2) is 35.7 Å². The van der Waals surface area contributed by atoms with Crippen LogP contribution in [0.4, 0.5) is 0 Å². The van der Waals surface area contributed by atoms with Gasteiger partial charge >= 0.3 is 0 Å². The van der Waals surface area contributed by atoms with E-state index < -0.39 is 0 Å². The highest BCUT2D eigenvalue weighted by Crippen LogP contribution is 2.12. The van der Waals surface area contributed by atoms with Crippen LogP contribution in [0.3, 0.4) is 0 Å². The molecule has 2 N–H and O–H groups in total. The molecular formula is C15H21NO2S. The van der Waals surface area contributed by atoms with Crippen LogP contribution in [-0.2, 0) is 4.79 Å². The van der Waals surface area contributed by atoms with Crippen LogP contribution < -0.4 is 5.32 Å². The quantitative estimate of drug-likeness (QED) is 0.567. The molecule has 0 fully saturated rings. The van der Waals surface area contributed by atoms with Gasteiger partial charge in [0.25, 0.3) is 0 Å². The van der Waals surface area contributed by atoms with Crippen molar-refractivity contribution in [3.8, 4) is 0 Å². The predicted molar refractivity (Wildman–Crippen MR) is 82.1 cm³/mol. The summed E-state index contributed by atoms with van der Waals surface area (Å²) in [5, 5.41) is 11.5. The van der Waals surface area contributed by atoms with Crippen LogP contribution in [0.15, 0.2) is 36.4 Å². The van der Waals surface area contributed by atoms with Crippen molar-refractivity contribution in [1.82, 2.24) is 5.32 Å². The summed E-state index contributed by atoms with van der Waals surface area (Å²) in [6.45, 7) is 2.83. The number of hydrogen-bond donors (Lipinski definition) is 2. The van der Waals surface area contributed by atoms with Gasteiger partial charge in [0, 0.05) is 25.0 Å². The van der Waals surface area contributed by atoms with Gasteiger partial charge in [0.05, 0.1) is 0 Å². The number of amides is 1. The van der Waals surface area contributed by atoms with Gasteiger partial charge in [-0.1, -0.05) is 30.3 Å². The first-order valence-corrected chi connectivity index (χ1v) is 7.59. The normalized spacial score (nSPS) is 11.4. The van der Waals surface area contributed by atoms with Crippen molar-refractivity contribution in [2.24, 2.45) is 0 Å². The van der Waals surface area contributed by atoms with E-state index in [0.717, 1.165) is 29.1 Å². The van der Waals surface area contributed by atoms with Gasteiger partial charge in [-0.05, 0) is 30.2 Å². The summed E-state index contributed by atoms with van der Waals surface area (Å²) in [5.41, 5.74) is 2.03. The Bertz CT molecular complexity index is 404. The molecule has 0 heterocycles. The Hall–Kier alpha value is -1.26. The zero-order valence-corrected chi connectivity index (χ0v) is 12.1. The summed E-state index contributed by atoms with van der Waals surface area (Å²) in [7, 11) is 0. The first-order valence-electron chi connectivity index (χ1n) is 6.44. The zero-order chi connectivity index (χ0) is 13.9. The van der Waals surface area contributed by atoms with Gasteiger partial charge in [-0.15, -0.1) is 0 Å². The van der Waals surface area contributed by atoms with Gasteiger partial charge in [-0.25, -0.2) is 0 Å². The smallest absolute Gasteiger partial charge is 0.244 e. The summed E-state index contributed by atoms with van der Waals surface area (Å²) < 4.78 is 0. The number of aliphatic hydroxyl groups is 1. The lowest BCUT2D eigenvalue weighted by Gasteiger charge is -2.04. The third-order valence-electron chi connectivity index (χ3n) is 2.57. The molecule has 1 rings (SSSR count). The molecule has 3 nitrogen and oxygen atoms in total. The number of benzene rings is 1. The van der Waals surface area contributed by atoms with E-state index in [4.69, 9.17) is 5.11 Å². The second kappa shape index (κ2) is 9.64. The molecule has 19 heavy (non-hydrogen) atoms. The first kappa shape index (κ1) is 15.8.